The van der Waals surface area contributed by atoms with Crippen molar-refractivity contribution in [3.05, 3.63) is 51.5 Å². The number of aromatic nitrogens is 1. The second-order valence-electron chi connectivity index (χ2n) is 7.13. The second kappa shape index (κ2) is 12.4. The third-order valence-electron chi connectivity index (χ3n) is 4.87. The lowest BCUT2D eigenvalue weighted by Gasteiger charge is -2.30. The lowest BCUT2D eigenvalue weighted by atomic mass is 9.98. The Morgan fingerprint density at radius 2 is 2.00 bits per heavy atom. The van der Waals surface area contributed by atoms with Gasteiger partial charge in [-0.05, 0) is 49.5 Å². The van der Waals surface area contributed by atoms with Crippen LogP contribution in [0.15, 0.2) is 29.6 Å². The molecule has 1 aromatic carbocycles. The molecule has 3 rings (SSSR count). The number of hydrogen-bond donors (Lipinski definition) is 2. The van der Waals surface area contributed by atoms with E-state index < -0.39 is 0 Å². The molecule has 2 aromatic rings. The molecule has 1 saturated heterocycles. The SMILES string of the molecule is CC1CCN(Cc2cccc(CNC(=O)c3csc(CCN)n3)c2)CC1.Cl.Cl. The summed E-state index contributed by atoms with van der Waals surface area (Å²) in [7, 11) is 0. The number of nitrogens with two attached hydrogens (primary N) is 1. The second-order valence-corrected chi connectivity index (χ2v) is 8.07. The molecule has 1 aliphatic rings. The van der Waals surface area contributed by atoms with Crippen LogP contribution in [0, 0.1) is 5.92 Å². The van der Waals surface area contributed by atoms with E-state index in [-0.39, 0.29) is 30.7 Å². The Bertz CT molecular complexity index is 733. The van der Waals surface area contributed by atoms with Crippen molar-refractivity contribution in [2.24, 2.45) is 11.7 Å². The number of carbonyl (C=O) groups excluding carboxylic acids is 1. The summed E-state index contributed by atoms with van der Waals surface area (Å²) < 4.78 is 0. The number of nitrogens with zero attached hydrogens (tertiary/aromatic N) is 2. The van der Waals surface area contributed by atoms with Crippen molar-refractivity contribution in [1.29, 1.82) is 0 Å². The zero-order valence-corrected chi connectivity index (χ0v) is 18.7. The molecular weight excluding hydrogens is 415 g/mol. The summed E-state index contributed by atoms with van der Waals surface area (Å²) in [6.45, 7) is 6.75. The quantitative estimate of drug-likeness (QED) is 0.683. The fourth-order valence-corrected chi connectivity index (χ4v) is 4.04. The monoisotopic (exact) mass is 444 g/mol. The Balaban J connectivity index is 0.00000196. The number of amides is 1. The van der Waals surface area contributed by atoms with E-state index in [1.165, 1.54) is 42.8 Å². The zero-order chi connectivity index (χ0) is 18.4. The van der Waals surface area contributed by atoms with E-state index in [1.807, 2.05) is 0 Å². The van der Waals surface area contributed by atoms with Gasteiger partial charge in [0.25, 0.3) is 5.91 Å². The van der Waals surface area contributed by atoms with Gasteiger partial charge in [-0.25, -0.2) is 4.98 Å². The number of piperidine rings is 1. The molecule has 2 heterocycles. The van der Waals surface area contributed by atoms with Crippen LogP contribution in [-0.2, 0) is 19.5 Å². The van der Waals surface area contributed by atoms with Gasteiger partial charge in [0.15, 0.2) is 0 Å². The summed E-state index contributed by atoms with van der Waals surface area (Å²) in [6.07, 6.45) is 3.29. The van der Waals surface area contributed by atoms with Crippen molar-refractivity contribution < 1.29 is 4.79 Å². The molecule has 1 amide bonds. The van der Waals surface area contributed by atoms with Gasteiger partial charge >= 0.3 is 0 Å². The number of halogens is 2. The van der Waals surface area contributed by atoms with Crippen LogP contribution >= 0.6 is 36.2 Å². The number of hydrogen-bond acceptors (Lipinski definition) is 5. The number of likely N-dealkylation sites (tertiary alicyclic amines) is 1. The minimum Gasteiger partial charge on any atom is -0.347 e. The smallest absolute Gasteiger partial charge is 0.271 e. The van der Waals surface area contributed by atoms with E-state index in [2.05, 4.69) is 46.4 Å². The van der Waals surface area contributed by atoms with Crippen molar-refractivity contribution in [2.75, 3.05) is 19.6 Å². The maximum absolute atomic E-state index is 12.3. The Morgan fingerprint density at radius 3 is 2.71 bits per heavy atom. The molecule has 0 radical (unpaired) electrons. The minimum absolute atomic E-state index is 0. The molecule has 1 fully saturated rings. The highest BCUT2D eigenvalue weighted by Crippen LogP contribution is 2.18. The molecule has 3 N–H and O–H groups in total. The van der Waals surface area contributed by atoms with Gasteiger partial charge in [0.2, 0.25) is 0 Å². The first kappa shape index (κ1) is 24.9. The van der Waals surface area contributed by atoms with E-state index in [0.717, 1.165) is 29.5 Å². The van der Waals surface area contributed by atoms with Gasteiger partial charge in [-0.15, -0.1) is 36.2 Å². The first-order valence-corrected chi connectivity index (χ1v) is 10.2. The Labute approximate surface area is 183 Å². The van der Waals surface area contributed by atoms with Gasteiger partial charge < -0.3 is 11.1 Å². The van der Waals surface area contributed by atoms with Crippen LogP contribution in [-0.4, -0.2) is 35.4 Å². The van der Waals surface area contributed by atoms with Gasteiger partial charge in [-0.2, -0.15) is 0 Å². The predicted molar refractivity (Wildman–Crippen MR) is 121 cm³/mol. The van der Waals surface area contributed by atoms with Gasteiger partial charge in [0.1, 0.15) is 5.69 Å². The lowest BCUT2D eigenvalue weighted by Crippen LogP contribution is -2.32. The molecule has 0 atom stereocenters. The van der Waals surface area contributed by atoms with Crippen LogP contribution in [0.5, 0.6) is 0 Å². The predicted octanol–water partition coefficient (Wildman–Crippen LogP) is 3.65. The highest BCUT2D eigenvalue weighted by molar-refractivity contribution is 7.09. The molecule has 0 aliphatic carbocycles. The van der Waals surface area contributed by atoms with Gasteiger partial charge in [-0.3, -0.25) is 9.69 Å². The van der Waals surface area contributed by atoms with Crippen LogP contribution < -0.4 is 11.1 Å². The average Bonchev–Trinajstić information content (AvgIpc) is 3.11. The van der Waals surface area contributed by atoms with Crippen LogP contribution in [0.1, 0.15) is 46.4 Å². The van der Waals surface area contributed by atoms with E-state index in [1.54, 1.807) is 5.38 Å². The minimum atomic E-state index is -0.125. The number of carbonyl (C=O) groups is 1. The summed E-state index contributed by atoms with van der Waals surface area (Å²) in [5, 5.41) is 5.68. The summed E-state index contributed by atoms with van der Waals surface area (Å²) >= 11 is 1.49. The van der Waals surface area contributed by atoms with Gasteiger partial charge in [-0.1, -0.05) is 31.2 Å². The van der Waals surface area contributed by atoms with E-state index >= 15 is 0 Å². The summed E-state index contributed by atoms with van der Waals surface area (Å²) in [6, 6.07) is 8.50. The first-order valence-electron chi connectivity index (χ1n) is 9.37. The van der Waals surface area contributed by atoms with Crippen molar-refractivity contribution in [1.82, 2.24) is 15.2 Å². The number of nitrogens with one attached hydrogen (secondary N) is 1. The van der Waals surface area contributed by atoms with Gasteiger partial charge in [0.05, 0.1) is 5.01 Å². The number of benzene rings is 1. The summed E-state index contributed by atoms with van der Waals surface area (Å²) in [5.74, 6) is 0.726. The molecule has 28 heavy (non-hydrogen) atoms. The van der Waals surface area contributed by atoms with Crippen molar-refractivity contribution >= 4 is 42.1 Å². The van der Waals surface area contributed by atoms with E-state index in [4.69, 9.17) is 5.73 Å². The standard InChI is InChI=1S/C20H28N4OS.2ClH/c1-15-6-9-24(10-7-15)13-17-4-2-3-16(11-17)12-22-20(25)18-14-26-19(23-18)5-8-21;;/h2-4,11,14-15H,5-10,12-13,21H2,1H3,(H,22,25);2*1H. The molecule has 156 valence electrons. The fraction of sp³-hybridized carbons (Fsp3) is 0.500. The number of rotatable bonds is 7. The van der Waals surface area contributed by atoms with E-state index in [9.17, 15) is 4.79 Å². The largest absolute Gasteiger partial charge is 0.347 e. The van der Waals surface area contributed by atoms with Gasteiger partial charge in [0, 0.05) is 24.9 Å². The zero-order valence-electron chi connectivity index (χ0n) is 16.2. The van der Waals surface area contributed by atoms with E-state index in [0.29, 0.717) is 18.8 Å². The Hall–Kier alpha value is -1.18. The molecular formula is C20H30Cl2N4OS. The Kier molecular flexibility index (Phi) is 11.0. The normalized spacial score (nSPS) is 14.8. The molecule has 1 aromatic heterocycles. The molecule has 0 spiro atoms. The van der Waals surface area contributed by atoms with Crippen LogP contribution in [0.4, 0.5) is 0 Å². The average molecular weight is 445 g/mol. The third kappa shape index (κ3) is 7.33. The van der Waals surface area contributed by atoms with Crippen LogP contribution in [0.2, 0.25) is 0 Å². The Morgan fingerprint density at radius 1 is 1.29 bits per heavy atom. The highest BCUT2D eigenvalue weighted by atomic mass is 35.5. The molecule has 0 saturated carbocycles. The number of thiazole rings is 1. The third-order valence-corrected chi connectivity index (χ3v) is 5.78. The van der Waals surface area contributed by atoms with Crippen molar-refractivity contribution in [2.45, 2.75) is 39.3 Å². The lowest BCUT2D eigenvalue weighted by molar-refractivity contribution is 0.0946. The molecule has 0 unspecified atom stereocenters. The van der Waals surface area contributed by atoms with Crippen LogP contribution in [0.25, 0.3) is 0 Å². The molecule has 0 bridgehead atoms. The van der Waals surface area contributed by atoms with Crippen LogP contribution in [0.3, 0.4) is 0 Å². The highest BCUT2D eigenvalue weighted by Gasteiger charge is 2.16. The summed E-state index contributed by atoms with van der Waals surface area (Å²) in [4.78, 5) is 19.1. The van der Waals surface area contributed by atoms with Crippen molar-refractivity contribution in [3.8, 4) is 0 Å². The molecule has 1 aliphatic heterocycles. The molecule has 8 heteroatoms. The van der Waals surface area contributed by atoms with Crippen molar-refractivity contribution in [3.63, 3.8) is 0 Å². The molecule has 5 nitrogen and oxygen atoms in total. The topological polar surface area (TPSA) is 71.2 Å². The summed E-state index contributed by atoms with van der Waals surface area (Å²) in [5.41, 5.74) is 8.45. The first-order chi connectivity index (χ1) is 12.6. The maximum Gasteiger partial charge on any atom is 0.271 e. The fourth-order valence-electron chi connectivity index (χ4n) is 3.24. The maximum atomic E-state index is 12.3.